The lowest BCUT2D eigenvalue weighted by Crippen LogP contribution is -2.34. The van der Waals surface area contributed by atoms with Crippen LogP contribution in [0.15, 0.2) is 90.8 Å². The van der Waals surface area contributed by atoms with Gasteiger partial charge >= 0.3 is 10.2 Å². The zero-order chi connectivity index (χ0) is 26.6. The Kier molecular flexibility index (Phi) is 7.56. The van der Waals surface area contributed by atoms with Crippen molar-refractivity contribution in [3.63, 3.8) is 0 Å². The van der Waals surface area contributed by atoms with E-state index in [1.165, 1.54) is 26.4 Å². The van der Waals surface area contributed by atoms with Crippen LogP contribution in [0.2, 0.25) is 0 Å². The van der Waals surface area contributed by atoms with E-state index in [1.807, 2.05) is 49.4 Å². The second-order valence-corrected chi connectivity index (χ2v) is 10.8. The van der Waals surface area contributed by atoms with Gasteiger partial charge in [0.25, 0.3) is 11.8 Å². The van der Waals surface area contributed by atoms with E-state index in [9.17, 15) is 18.0 Å². The number of amides is 2. The molecule has 0 atom stereocenters. The van der Waals surface area contributed by atoms with Crippen molar-refractivity contribution < 1.29 is 18.0 Å². The highest BCUT2D eigenvalue weighted by Gasteiger charge is 2.22. The fourth-order valence-electron chi connectivity index (χ4n) is 3.74. The van der Waals surface area contributed by atoms with Crippen LogP contribution < -0.4 is 10.6 Å². The quantitative estimate of drug-likeness (QED) is 0.349. The van der Waals surface area contributed by atoms with Crippen molar-refractivity contribution in [1.82, 2.24) is 18.9 Å². The summed E-state index contributed by atoms with van der Waals surface area (Å²) >= 11 is 0. The molecule has 0 aliphatic rings. The number of para-hydroxylation sites is 1. The average molecular weight is 517 g/mol. The first-order valence-corrected chi connectivity index (χ1v) is 13.0. The summed E-state index contributed by atoms with van der Waals surface area (Å²) in [6.45, 7) is 2.18. The van der Waals surface area contributed by atoms with Crippen LogP contribution in [0, 0.1) is 6.92 Å². The molecular formula is C28H28N4O4S. The van der Waals surface area contributed by atoms with Gasteiger partial charge < -0.3 is 10.6 Å². The largest absolute Gasteiger partial charge is 0.347 e. The number of hydrogen-bond donors (Lipinski definition) is 2. The minimum atomic E-state index is -3.82. The Morgan fingerprint density at radius 1 is 0.919 bits per heavy atom. The molecule has 0 fully saturated rings. The molecule has 37 heavy (non-hydrogen) atoms. The lowest BCUT2D eigenvalue weighted by molar-refractivity contribution is -0.117. The van der Waals surface area contributed by atoms with Crippen molar-refractivity contribution >= 4 is 39.0 Å². The molecule has 1 aromatic heterocycles. The standard InChI is InChI=1S/C28H28N4O4S/c1-20-13-15-22(16-14-20)27(33)30-25(28(34)29-18-21-9-5-4-6-10-21)17-23-19-32(37(35,36)31(2)3)26-12-8-7-11-24(23)26/h4-17,19H,18H2,1-3H3,(H,29,34)(H,30,33)/b25-17-. The summed E-state index contributed by atoms with van der Waals surface area (Å²) in [5, 5.41) is 6.16. The number of aromatic nitrogens is 1. The van der Waals surface area contributed by atoms with E-state index >= 15 is 0 Å². The van der Waals surface area contributed by atoms with E-state index in [-0.39, 0.29) is 12.2 Å². The fraction of sp³-hybridized carbons (Fsp3) is 0.143. The SMILES string of the molecule is Cc1ccc(C(=O)N/C(=C\c2cn(S(=O)(=O)N(C)C)c3ccccc23)C(=O)NCc2ccccc2)cc1. The molecular weight excluding hydrogens is 488 g/mol. The van der Waals surface area contributed by atoms with Gasteiger partial charge in [0, 0.05) is 43.4 Å². The summed E-state index contributed by atoms with van der Waals surface area (Å²) in [6, 6.07) is 23.4. The summed E-state index contributed by atoms with van der Waals surface area (Å²) in [4.78, 5) is 26.3. The van der Waals surface area contributed by atoms with Crippen molar-refractivity contribution in [2.45, 2.75) is 13.5 Å². The average Bonchev–Trinajstić information content (AvgIpc) is 3.27. The van der Waals surface area contributed by atoms with Gasteiger partial charge in [0.1, 0.15) is 5.70 Å². The van der Waals surface area contributed by atoms with Crippen molar-refractivity contribution in [3.05, 3.63) is 113 Å². The van der Waals surface area contributed by atoms with Gasteiger partial charge in [-0.2, -0.15) is 12.7 Å². The summed E-state index contributed by atoms with van der Waals surface area (Å²) in [5.74, 6) is -0.956. The van der Waals surface area contributed by atoms with Crippen LogP contribution in [0.4, 0.5) is 0 Å². The van der Waals surface area contributed by atoms with Crippen LogP contribution in [-0.4, -0.2) is 42.6 Å². The maximum Gasteiger partial charge on any atom is 0.307 e. The molecule has 0 unspecified atom stereocenters. The van der Waals surface area contributed by atoms with Gasteiger partial charge in [0.2, 0.25) is 0 Å². The first-order chi connectivity index (χ1) is 17.7. The molecule has 0 saturated heterocycles. The van der Waals surface area contributed by atoms with E-state index < -0.39 is 22.0 Å². The minimum absolute atomic E-state index is 0.00772. The molecule has 0 radical (unpaired) electrons. The molecule has 1 heterocycles. The number of nitrogens with one attached hydrogen (secondary N) is 2. The number of hydrogen-bond acceptors (Lipinski definition) is 4. The van der Waals surface area contributed by atoms with Gasteiger partial charge in [-0.05, 0) is 36.8 Å². The highest BCUT2D eigenvalue weighted by Crippen LogP contribution is 2.25. The molecule has 2 N–H and O–H groups in total. The predicted octanol–water partition coefficient (Wildman–Crippen LogP) is 3.69. The number of aryl methyl sites for hydroxylation is 1. The third-order valence-electron chi connectivity index (χ3n) is 5.82. The fourth-order valence-corrected chi connectivity index (χ4v) is 4.75. The van der Waals surface area contributed by atoms with Gasteiger partial charge in [0.05, 0.1) is 5.52 Å². The molecule has 8 nitrogen and oxygen atoms in total. The summed E-state index contributed by atoms with van der Waals surface area (Å²) in [5.41, 5.74) is 3.21. The highest BCUT2D eigenvalue weighted by molar-refractivity contribution is 7.87. The van der Waals surface area contributed by atoms with Crippen molar-refractivity contribution in [3.8, 4) is 0 Å². The van der Waals surface area contributed by atoms with Crippen LogP contribution in [0.3, 0.4) is 0 Å². The number of fused-ring (bicyclic) bond motifs is 1. The Bertz CT molecular complexity index is 1570. The molecule has 4 aromatic rings. The van der Waals surface area contributed by atoms with Gasteiger partial charge in [-0.25, -0.2) is 3.97 Å². The number of carbonyl (C=O) groups is 2. The lowest BCUT2D eigenvalue weighted by atomic mass is 10.1. The maximum absolute atomic E-state index is 13.3. The normalized spacial score (nSPS) is 12.1. The second kappa shape index (κ2) is 10.8. The lowest BCUT2D eigenvalue weighted by Gasteiger charge is -2.13. The van der Waals surface area contributed by atoms with Crippen LogP contribution in [-0.2, 0) is 21.5 Å². The number of benzene rings is 3. The Morgan fingerprint density at radius 2 is 1.57 bits per heavy atom. The number of nitrogens with zero attached hydrogens (tertiary/aromatic N) is 2. The molecule has 0 aliphatic heterocycles. The van der Waals surface area contributed by atoms with Crippen molar-refractivity contribution in [2.75, 3.05) is 14.1 Å². The Labute approximate surface area is 216 Å². The van der Waals surface area contributed by atoms with E-state index in [1.54, 1.807) is 36.4 Å². The molecule has 0 spiro atoms. The van der Waals surface area contributed by atoms with E-state index in [0.717, 1.165) is 19.4 Å². The Morgan fingerprint density at radius 3 is 2.24 bits per heavy atom. The third kappa shape index (κ3) is 5.79. The van der Waals surface area contributed by atoms with Crippen LogP contribution in [0.1, 0.15) is 27.0 Å². The van der Waals surface area contributed by atoms with E-state index in [0.29, 0.717) is 22.0 Å². The van der Waals surface area contributed by atoms with Gasteiger partial charge in [-0.15, -0.1) is 0 Å². The van der Waals surface area contributed by atoms with E-state index in [2.05, 4.69) is 10.6 Å². The smallest absolute Gasteiger partial charge is 0.307 e. The van der Waals surface area contributed by atoms with Crippen LogP contribution in [0.5, 0.6) is 0 Å². The molecule has 2 amide bonds. The Hall–Kier alpha value is -4.21. The van der Waals surface area contributed by atoms with Crippen LogP contribution in [0.25, 0.3) is 17.0 Å². The third-order valence-corrected chi connectivity index (χ3v) is 7.54. The maximum atomic E-state index is 13.3. The zero-order valence-electron chi connectivity index (χ0n) is 20.8. The predicted molar refractivity (Wildman–Crippen MR) is 145 cm³/mol. The van der Waals surface area contributed by atoms with Crippen molar-refractivity contribution in [2.24, 2.45) is 0 Å². The number of rotatable bonds is 8. The van der Waals surface area contributed by atoms with Crippen LogP contribution >= 0.6 is 0 Å². The first-order valence-electron chi connectivity index (χ1n) is 11.6. The summed E-state index contributed by atoms with van der Waals surface area (Å²) < 4.78 is 28.2. The topological polar surface area (TPSA) is 101 Å². The van der Waals surface area contributed by atoms with Gasteiger partial charge in [0.15, 0.2) is 0 Å². The molecule has 4 rings (SSSR count). The summed E-state index contributed by atoms with van der Waals surface area (Å²) in [7, 11) is -0.926. The van der Waals surface area contributed by atoms with E-state index in [4.69, 9.17) is 0 Å². The Balaban J connectivity index is 1.75. The second-order valence-electron chi connectivity index (χ2n) is 8.73. The van der Waals surface area contributed by atoms with Gasteiger partial charge in [-0.1, -0.05) is 66.2 Å². The zero-order valence-corrected chi connectivity index (χ0v) is 21.6. The highest BCUT2D eigenvalue weighted by atomic mass is 32.2. The van der Waals surface area contributed by atoms with Gasteiger partial charge in [-0.3, -0.25) is 9.59 Å². The molecule has 9 heteroatoms. The van der Waals surface area contributed by atoms with Crippen molar-refractivity contribution in [1.29, 1.82) is 0 Å². The molecule has 190 valence electrons. The summed E-state index contributed by atoms with van der Waals surface area (Å²) in [6.07, 6.45) is 2.94. The minimum Gasteiger partial charge on any atom is -0.347 e. The number of carbonyl (C=O) groups excluding carboxylic acids is 2. The first kappa shape index (κ1) is 25.9. The monoisotopic (exact) mass is 516 g/mol. The molecule has 0 aliphatic carbocycles. The molecule has 3 aromatic carbocycles. The molecule has 0 saturated carbocycles. The molecule has 0 bridgehead atoms.